The molecular weight excluding hydrogens is 647 g/mol. The molecule has 0 fully saturated rings. The van der Waals surface area contributed by atoms with Crippen molar-refractivity contribution in [2.45, 2.75) is 6.55 Å². The van der Waals surface area contributed by atoms with Gasteiger partial charge in [0.25, 0.3) is 0 Å². The van der Waals surface area contributed by atoms with E-state index in [1.165, 1.54) is 48.6 Å². The summed E-state index contributed by atoms with van der Waals surface area (Å²) in [7, 11) is -2.41. The molecule has 8 aromatic carbocycles. The second-order valence-corrected chi connectivity index (χ2v) is 17.5. The summed E-state index contributed by atoms with van der Waals surface area (Å²) >= 11 is 0. The van der Waals surface area contributed by atoms with Crippen LogP contribution in [0, 0.1) is 0 Å². The highest BCUT2D eigenvalue weighted by atomic mass is 28.3. The molecule has 3 nitrogen and oxygen atoms in total. The number of hydrogen-bond acceptors (Lipinski definition) is 3. The first-order chi connectivity index (χ1) is 25.7. The third kappa shape index (κ3) is 4.62. The Morgan fingerprint density at radius 2 is 0.769 bits per heavy atom. The van der Waals surface area contributed by atoms with Crippen molar-refractivity contribution in [1.29, 1.82) is 0 Å². The first-order valence-corrected chi connectivity index (χ1v) is 20.3. The molecule has 0 bridgehead atoms. The number of aromatic nitrogens is 3. The zero-order valence-electron chi connectivity index (χ0n) is 28.7. The van der Waals surface area contributed by atoms with E-state index in [-0.39, 0.29) is 0 Å². The highest BCUT2D eigenvalue weighted by Gasteiger charge is 2.45. The van der Waals surface area contributed by atoms with E-state index in [1.54, 1.807) is 0 Å². The van der Waals surface area contributed by atoms with Crippen molar-refractivity contribution in [2.75, 3.05) is 0 Å². The summed E-state index contributed by atoms with van der Waals surface area (Å²) in [6.45, 7) is 2.54. The monoisotopic (exact) mass is 679 g/mol. The van der Waals surface area contributed by atoms with E-state index in [0.717, 1.165) is 27.5 Å². The van der Waals surface area contributed by atoms with Gasteiger partial charge in [-0.1, -0.05) is 189 Å². The van der Waals surface area contributed by atoms with Crippen LogP contribution < -0.4 is 15.6 Å². The molecule has 10 rings (SSSR count). The minimum Gasteiger partial charge on any atom is -0.208 e. The van der Waals surface area contributed by atoms with E-state index < -0.39 is 8.07 Å². The fraction of sp³-hybridized carbons (Fsp3) is 0.0208. The average Bonchev–Trinajstić information content (AvgIpc) is 3.49. The largest absolute Gasteiger partial charge is 0.208 e. The lowest BCUT2D eigenvalue weighted by Crippen LogP contribution is -2.62. The summed E-state index contributed by atoms with van der Waals surface area (Å²) in [5.41, 5.74) is 8.20. The SMILES string of the molecule is C[Si]1(c2ccccc2)c2ccccc2-c2cccc(-c3c4ccccc4c(-c4nc(-c5ccccc5)nc(-c5ccccc5)n4)c4ccccc34)c21. The Bertz CT molecular complexity index is 2690. The van der Waals surface area contributed by atoms with E-state index in [1.807, 2.05) is 36.4 Å². The zero-order valence-corrected chi connectivity index (χ0v) is 29.7. The van der Waals surface area contributed by atoms with Crippen LogP contribution in [-0.4, -0.2) is 23.0 Å². The number of rotatable bonds is 5. The van der Waals surface area contributed by atoms with Gasteiger partial charge in [0.2, 0.25) is 0 Å². The average molecular weight is 680 g/mol. The highest BCUT2D eigenvalue weighted by Crippen LogP contribution is 2.44. The molecule has 1 unspecified atom stereocenters. The zero-order chi connectivity index (χ0) is 34.6. The molecule has 1 aliphatic heterocycles. The molecule has 1 aliphatic rings. The van der Waals surface area contributed by atoms with Crippen LogP contribution in [0.2, 0.25) is 6.55 Å². The Morgan fingerprint density at radius 1 is 0.346 bits per heavy atom. The summed E-state index contributed by atoms with van der Waals surface area (Å²) in [5, 5.41) is 8.99. The third-order valence-corrected chi connectivity index (χ3v) is 15.3. The Balaban J connectivity index is 1.30. The highest BCUT2D eigenvalue weighted by molar-refractivity contribution is 7.14. The molecule has 9 aromatic rings. The van der Waals surface area contributed by atoms with Gasteiger partial charge in [-0.05, 0) is 59.4 Å². The maximum Gasteiger partial charge on any atom is 0.165 e. The minimum atomic E-state index is -2.41. The molecule has 4 heteroatoms. The van der Waals surface area contributed by atoms with Crippen molar-refractivity contribution in [3.63, 3.8) is 0 Å². The van der Waals surface area contributed by atoms with Gasteiger partial charge >= 0.3 is 0 Å². The molecule has 0 radical (unpaired) electrons. The van der Waals surface area contributed by atoms with Gasteiger partial charge in [-0.25, -0.2) is 15.0 Å². The molecule has 0 saturated heterocycles. The second-order valence-electron chi connectivity index (χ2n) is 13.6. The number of fused-ring (bicyclic) bond motifs is 5. The van der Waals surface area contributed by atoms with Gasteiger partial charge in [0.1, 0.15) is 8.07 Å². The molecule has 0 N–H and O–H groups in total. The molecule has 244 valence electrons. The summed E-state index contributed by atoms with van der Waals surface area (Å²) in [5.74, 6) is 1.98. The van der Waals surface area contributed by atoms with Crippen molar-refractivity contribution in [1.82, 2.24) is 15.0 Å². The Hall–Kier alpha value is -6.49. The maximum absolute atomic E-state index is 5.23. The lowest BCUT2D eigenvalue weighted by Gasteiger charge is -2.29. The van der Waals surface area contributed by atoms with E-state index in [4.69, 9.17) is 15.0 Å². The molecule has 1 atom stereocenters. The Kier molecular flexibility index (Phi) is 7.05. The van der Waals surface area contributed by atoms with E-state index in [9.17, 15) is 0 Å². The van der Waals surface area contributed by atoms with Crippen LogP contribution in [0.1, 0.15) is 0 Å². The van der Waals surface area contributed by atoms with Gasteiger partial charge < -0.3 is 0 Å². The van der Waals surface area contributed by atoms with Gasteiger partial charge in [0.15, 0.2) is 17.5 Å². The van der Waals surface area contributed by atoms with Gasteiger partial charge in [-0.2, -0.15) is 0 Å². The quantitative estimate of drug-likeness (QED) is 0.134. The van der Waals surface area contributed by atoms with Crippen LogP contribution in [0.4, 0.5) is 0 Å². The lowest BCUT2D eigenvalue weighted by molar-refractivity contribution is 1.08. The van der Waals surface area contributed by atoms with Crippen LogP contribution >= 0.6 is 0 Å². The van der Waals surface area contributed by atoms with E-state index >= 15 is 0 Å². The van der Waals surface area contributed by atoms with Gasteiger partial charge in [-0.15, -0.1) is 0 Å². The van der Waals surface area contributed by atoms with Crippen molar-refractivity contribution in [3.05, 3.63) is 182 Å². The lowest BCUT2D eigenvalue weighted by atomic mass is 9.87. The van der Waals surface area contributed by atoms with Crippen LogP contribution in [0.25, 0.3) is 78.0 Å². The van der Waals surface area contributed by atoms with Crippen LogP contribution in [0.3, 0.4) is 0 Å². The minimum absolute atomic E-state index is 0.657. The first-order valence-electron chi connectivity index (χ1n) is 17.8. The van der Waals surface area contributed by atoms with E-state index in [0.29, 0.717) is 17.5 Å². The molecule has 0 aliphatic carbocycles. The fourth-order valence-corrected chi connectivity index (χ4v) is 12.9. The summed E-state index contributed by atoms with van der Waals surface area (Å²) in [4.78, 5) is 15.5. The fourth-order valence-electron chi connectivity index (χ4n) is 8.46. The van der Waals surface area contributed by atoms with Crippen LogP contribution in [0.15, 0.2) is 182 Å². The molecule has 52 heavy (non-hydrogen) atoms. The normalized spacial score (nSPS) is 14.7. The molecule has 2 heterocycles. The predicted octanol–water partition coefficient (Wildman–Crippen LogP) is 9.93. The third-order valence-electron chi connectivity index (χ3n) is 10.8. The summed E-state index contributed by atoms with van der Waals surface area (Å²) in [6.07, 6.45) is 0. The second kappa shape index (κ2) is 12.1. The summed E-state index contributed by atoms with van der Waals surface area (Å²) in [6, 6.07) is 65.2. The smallest absolute Gasteiger partial charge is 0.165 e. The predicted molar refractivity (Wildman–Crippen MR) is 219 cm³/mol. The molecular formula is C48H33N3Si. The maximum atomic E-state index is 5.23. The van der Waals surface area contributed by atoms with Crippen molar-refractivity contribution >= 4 is 45.2 Å². The number of hydrogen-bond donors (Lipinski definition) is 0. The van der Waals surface area contributed by atoms with E-state index in [2.05, 4.69) is 152 Å². The van der Waals surface area contributed by atoms with Crippen LogP contribution in [-0.2, 0) is 0 Å². The first kappa shape index (κ1) is 30.3. The molecule has 1 aromatic heterocycles. The molecule has 0 amide bonds. The molecule has 0 spiro atoms. The standard InChI is InChI=1S/C48H33N3Si/c1-52(34-22-9-4-10-23-34)42-31-16-15-24-35(42)40-29-17-30-41(45(40)52)43-36-25-11-13-27-38(36)44(39-28-14-12-26-37(39)43)48-50-46(32-18-5-2-6-19-32)49-47(51-48)33-20-7-3-8-21-33/h2-31H,1H3. The molecule has 0 saturated carbocycles. The number of nitrogens with zero attached hydrogens (tertiary/aromatic N) is 3. The topological polar surface area (TPSA) is 38.7 Å². The van der Waals surface area contributed by atoms with Crippen molar-refractivity contribution in [3.8, 4) is 56.4 Å². The number of benzene rings is 8. The Morgan fingerprint density at radius 3 is 1.35 bits per heavy atom. The van der Waals surface area contributed by atoms with Gasteiger partial charge in [-0.3, -0.25) is 0 Å². The van der Waals surface area contributed by atoms with Gasteiger partial charge in [0, 0.05) is 16.7 Å². The van der Waals surface area contributed by atoms with Crippen molar-refractivity contribution < 1.29 is 0 Å². The van der Waals surface area contributed by atoms with Gasteiger partial charge in [0.05, 0.1) is 0 Å². The van der Waals surface area contributed by atoms with Crippen LogP contribution in [0.5, 0.6) is 0 Å². The summed E-state index contributed by atoms with van der Waals surface area (Å²) < 4.78 is 0. The van der Waals surface area contributed by atoms with Crippen molar-refractivity contribution in [2.24, 2.45) is 0 Å². The Labute approximate surface area is 304 Å².